The van der Waals surface area contributed by atoms with E-state index in [1.165, 1.54) is 0 Å². The molecule has 3 N–H and O–H groups in total. The van der Waals surface area contributed by atoms with E-state index >= 15 is 0 Å². The highest BCUT2D eigenvalue weighted by Gasteiger charge is 2.57. The number of nitrogens with two attached hydrogens (primary N) is 1. The third-order valence-electron chi connectivity index (χ3n) is 2.73. The highest BCUT2D eigenvalue weighted by Crippen LogP contribution is 2.46. The van der Waals surface area contributed by atoms with E-state index < -0.39 is 11.6 Å². The number of aliphatic carboxylic acids is 1. The summed E-state index contributed by atoms with van der Waals surface area (Å²) in [5.41, 5.74) is 4.80. The van der Waals surface area contributed by atoms with Crippen LogP contribution in [0.15, 0.2) is 0 Å². The van der Waals surface area contributed by atoms with Crippen molar-refractivity contribution < 1.29 is 14.6 Å². The van der Waals surface area contributed by atoms with Crippen LogP contribution < -0.4 is 5.73 Å². The van der Waals surface area contributed by atoms with E-state index in [1.807, 2.05) is 0 Å². The van der Waals surface area contributed by atoms with Crippen LogP contribution in [0.1, 0.15) is 12.8 Å². The lowest BCUT2D eigenvalue weighted by Crippen LogP contribution is -2.63. The Kier molecular flexibility index (Phi) is 1.25. The fourth-order valence-corrected chi connectivity index (χ4v) is 1.84. The lowest BCUT2D eigenvalue weighted by Gasteiger charge is -2.51. The summed E-state index contributed by atoms with van der Waals surface area (Å²) in [6, 6.07) is 0.0521. The minimum Gasteiger partial charge on any atom is -0.479 e. The minimum absolute atomic E-state index is 0.0521. The van der Waals surface area contributed by atoms with Gasteiger partial charge in [-0.25, -0.2) is 4.79 Å². The van der Waals surface area contributed by atoms with E-state index in [0.29, 0.717) is 25.4 Å². The second-order valence-corrected chi connectivity index (χ2v) is 3.44. The van der Waals surface area contributed by atoms with Crippen molar-refractivity contribution in [3.63, 3.8) is 0 Å². The standard InChI is InChI=1S/C7H11NO3/c8-5-3-11-7(6(9)10)1-4(5)2-7/h4-5H,1-3,8H2,(H,9,10). The number of ether oxygens (including phenoxy) is 1. The van der Waals surface area contributed by atoms with Crippen LogP contribution in [0, 0.1) is 5.92 Å². The Morgan fingerprint density at radius 3 is 2.64 bits per heavy atom. The van der Waals surface area contributed by atoms with Gasteiger partial charge >= 0.3 is 5.97 Å². The van der Waals surface area contributed by atoms with Crippen LogP contribution in [0.2, 0.25) is 0 Å². The molecule has 2 heterocycles. The van der Waals surface area contributed by atoms with Gasteiger partial charge < -0.3 is 15.6 Å². The molecule has 4 heteroatoms. The molecular weight excluding hydrogens is 146 g/mol. The Bertz CT molecular complexity index is 192. The van der Waals surface area contributed by atoms with Gasteiger partial charge in [0, 0.05) is 6.04 Å². The average Bonchev–Trinajstić information content (AvgIpc) is 1.84. The van der Waals surface area contributed by atoms with Crippen LogP contribution in [-0.2, 0) is 9.53 Å². The van der Waals surface area contributed by atoms with E-state index in [4.69, 9.17) is 15.6 Å². The van der Waals surface area contributed by atoms with Crippen molar-refractivity contribution >= 4 is 5.97 Å². The zero-order valence-corrected chi connectivity index (χ0v) is 6.12. The number of hydrogen-bond acceptors (Lipinski definition) is 3. The summed E-state index contributed by atoms with van der Waals surface area (Å²) in [4.78, 5) is 10.7. The van der Waals surface area contributed by atoms with Gasteiger partial charge in [-0.2, -0.15) is 0 Å². The van der Waals surface area contributed by atoms with Crippen molar-refractivity contribution in [2.45, 2.75) is 24.5 Å². The Morgan fingerprint density at radius 1 is 1.64 bits per heavy atom. The molecule has 62 valence electrons. The molecule has 2 aliphatic heterocycles. The smallest absolute Gasteiger partial charge is 0.335 e. The first kappa shape index (κ1) is 7.06. The molecule has 0 aromatic rings. The molecule has 1 aliphatic carbocycles. The van der Waals surface area contributed by atoms with Crippen LogP contribution in [-0.4, -0.2) is 29.3 Å². The van der Waals surface area contributed by atoms with Gasteiger partial charge in [0.1, 0.15) is 0 Å². The van der Waals surface area contributed by atoms with Gasteiger partial charge in [-0.1, -0.05) is 0 Å². The second kappa shape index (κ2) is 1.95. The zero-order valence-electron chi connectivity index (χ0n) is 6.12. The van der Waals surface area contributed by atoms with Crippen molar-refractivity contribution in [3.8, 4) is 0 Å². The van der Waals surface area contributed by atoms with Gasteiger partial charge in [-0.3, -0.25) is 0 Å². The van der Waals surface area contributed by atoms with Crippen LogP contribution in [0.5, 0.6) is 0 Å². The highest BCUT2D eigenvalue weighted by atomic mass is 16.5. The van der Waals surface area contributed by atoms with E-state index in [2.05, 4.69) is 0 Å². The van der Waals surface area contributed by atoms with E-state index in [1.54, 1.807) is 0 Å². The predicted octanol–water partition coefficient (Wildman–Crippen LogP) is -0.423. The summed E-state index contributed by atoms with van der Waals surface area (Å²) in [5.74, 6) is -0.458. The maximum Gasteiger partial charge on any atom is 0.335 e. The molecule has 0 aromatic carbocycles. The summed E-state index contributed by atoms with van der Waals surface area (Å²) in [6.07, 6.45) is 1.20. The molecule has 0 spiro atoms. The molecule has 0 radical (unpaired) electrons. The summed E-state index contributed by atoms with van der Waals surface area (Å²) in [6.45, 7) is 0.400. The topological polar surface area (TPSA) is 72.5 Å². The molecule has 11 heavy (non-hydrogen) atoms. The van der Waals surface area contributed by atoms with Crippen LogP contribution in [0.3, 0.4) is 0 Å². The van der Waals surface area contributed by atoms with Gasteiger partial charge in [0.2, 0.25) is 0 Å². The van der Waals surface area contributed by atoms with Crippen molar-refractivity contribution in [2.24, 2.45) is 11.7 Å². The van der Waals surface area contributed by atoms with E-state index in [0.717, 1.165) is 0 Å². The molecule has 1 unspecified atom stereocenters. The van der Waals surface area contributed by atoms with Crippen molar-refractivity contribution in [1.29, 1.82) is 0 Å². The van der Waals surface area contributed by atoms with Gasteiger partial charge in [0.05, 0.1) is 6.61 Å². The zero-order chi connectivity index (χ0) is 8.06. The summed E-state index contributed by atoms with van der Waals surface area (Å²) >= 11 is 0. The maximum absolute atomic E-state index is 10.7. The first-order valence-corrected chi connectivity index (χ1v) is 3.77. The van der Waals surface area contributed by atoms with E-state index in [-0.39, 0.29) is 6.04 Å². The molecule has 1 saturated carbocycles. The Labute approximate surface area is 64.3 Å². The molecule has 0 amide bonds. The van der Waals surface area contributed by atoms with E-state index in [9.17, 15) is 4.79 Å². The van der Waals surface area contributed by atoms with Crippen molar-refractivity contribution in [3.05, 3.63) is 0 Å². The molecule has 0 aromatic heterocycles. The van der Waals surface area contributed by atoms with Crippen LogP contribution >= 0.6 is 0 Å². The van der Waals surface area contributed by atoms with Crippen LogP contribution in [0.25, 0.3) is 0 Å². The molecule has 4 nitrogen and oxygen atoms in total. The maximum atomic E-state index is 10.7. The molecule has 2 saturated heterocycles. The predicted molar refractivity (Wildman–Crippen MR) is 37.0 cm³/mol. The third kappa shape index (κ3) is 0.795. The van der Waals surface area contributed by atoms with Gasteiger partial charge in [-0.15, -0.1) is 0 Å². The lowest BCUT2D eigenvalue weighted by atomic mass is 9.65. The molecule has 3 fully saturated rings. The average molecular weight is 157 g/mol. The second-order valence-electron chi connectivity index (χ2n) is 3.44. The van der Waals surface area contributed by atoms with Crippen molar-refractivity contribution in [2.75, 3.05) is 6.61 Å². The van der Waals surface area contributed by atoms with Gasteiger partial charge in [-0.05, 0) is 18.8 Å². The fourth-order valence-electron chi connectivity index (χ4n) is 1.84. The highest BCUT2D eigenvalue weighted by molar-refractivity contribution is 5.79. The van der Waals surface area contributed by atoms with Crippen molar-refractivity contribution in [1.82, 2.24) is 0 Å². The van der Waals surface area contributed by atoms with Gasteiger partial charge in [0.15, 0.2) is 5.60 Å². The number of rotatable bonds is 1. The largest absolute Gasteiger partial charge is 0.479 e. The minimum atomic E-state index is -0.861. The fraction of sp³-hybridized carbons (Fsp3) is 0.857. The normalized spacial score (nSPS) is 48.1. The molecule has 3 rings (SSSR count). The summed E-state index contributed by atoms with van der Waals surface area (Å²) < 4.78 is 5.18. The Morgan fingerprint density at radius 2 is 2.27 bits per heavy atom. The number of fused-ring (bicyclic) bond motifs is 2. The molecule has 2 bridgehead atoms. The third-order valence-corrected chi connectivity index (χ3v) is 2.73. The Hall–Kier alpha value is -0.610. The quantitative estimate of drug-likeness (QED) is 0.542. The molecular formula is C7H11NO3. The first-order chi connectivity index (χ1) is 5.14. The number of carboxylic acid groups (broad SMARTS) is 1. The monoisotopic (exact) mass is 157 g/mol. The van der Waals surface area contributed by atoms with Gasteiger partial charge in [0.25, 0.3) is 0 Å². The Balaban J connectivity index is 2.09. The summed E-state index contributed by atoms with van der Waals surface area (Å²) in [5, 5.41) is 8.76. The SMILES string of the molecule is NC1COC2(C(=O)O)CC1C2. The first-order valence-electron chi connectivity index (χ1n) is 3.77. The number of hydrogen-bond donors (Lipinski definition) is 2. The van der Waals surface area contributed by atoms with Crippen LogP contribution in [0.4, 0.5) is 0 Å². The lowest BCUT2D eigenvalue weighted by molar-refractivity contribution is -0.211. The molecule has 3 aliphatic rings. The number of carbonyl (C=O) groups is 1. The number of carboxylic acids is 1. The summed E-state index contributed by atoms with van der Waals surface area (Å²) in [7, 11) is 0. The molecule has 1 atom stereocenters.